The van der Waals surface area contributed by atoms with Crippen LogP contribution in [0, 0.1) is 12.7 Å². The SMILES string of the molecule is Cc1cc(CNC(=O)c2cccc(S(=O)(=O)Nc3ccccc3Cl)c2)ccc1F. The van der Waals surface area contributed by atoms with Crippen LogP contribution in [0.1, 0.15) is 21.5 Å². The minimum atomic E-state index is -3.93. The van der Waals surface area contributed by atoms with Crippen LogP contribution in [0.4, 0.5) is 10.1 Å². The molecule has 150 valence electrons. The summed E-state index contributed by atoms with van der Waals surface area (Å²) in [7, 11) is -3.93. The number of carbonyl (C=O) groups is 1. The van der Waals surface area contributed by atoms with Gasteiger partial charge in [-0.1, -0.05) is 41.9 Å². The van der Waals surface area contributed by atoms with Gasteiger partial charge >= 0.3 is 0 Å². The van der Waals surface area contributed by atoms with Crippen molar-refractivity contribution in [3.63, 3.8) is 0 Å². The van der Waals surface area contributed by atoms with Crippen molar-refractivity contribution in [2.45, 2.75) is 18.4 Å². The minimum absolute atomic E-state index is 0.0669. The lowest BCUT2D eigenvalue weighted by Crippen LogP contribution is -2.23. The number of carbonyl (C=O) groups excluding carboxylic acids is 1. The Morgan fingerprint density at radius 3 is 2.52 bits per heavy atom. The van der Waals surface area contributed by atoms with Gasteiger partial charge in [-0.25, -0.2) is 12.8 Å². The summed E-state index contributed by atoms with van der Waals surface area (Å²) in [5.41, 5.74) is 1.65. The van der Waals surface area contributed by atoms with Crippen LogP contribution in [0.5, 0.6) is 0 Å². The van der Waals surface area contributed by atoms with E-state index in [2.05, 4.69) is 10.0 Å². The molecule has 0 aliphatic rings. The standard InChI is InChI=1S/C21H18ClFN2O3S/c1-14-11-15(9-10-19(14)23)13-24-21(26)16-5-4-6-17(12-16)29(27,28)25-20-8-3-2-7-18(20)22/h2-12,25H,13H2,1H3,(H,24,26). The van der Waals surface area contributed by atoms with Crippen LogP contribution >= 0.6 is 11.6 Å². The number of sulfonamides is 1. The van der Waals surface area contributed by atoms with E-state index in [-0.39, 0.29) is 33.5 Å². The molecular weight excluding hydrogens is 415 g/mol. The molecule has 1 amide bonds. The number of aryl methyl sites for hydroxylation is 1. The molecule has 0 bridgehead atoms. The second-order valence-corrected chi connectivity index (χ2v) is 8.47. The zero-order chi connectivity index (χ0) is 21.0. The summed E-state index contributed by atoms with van der Waals surface area (Å²) in [5, 5.41) is 2.97. The van der Waals surface area contributed by atoms with Gasteiger partial charge in [0.25, 0.3) is 15.9 Å². The molecule has 2 N–H and O–H groups in total. The Kier molecular flexibility index (Phi) is 6.20. The third kappa shape index (κ3) is 5.13. The Hall–Kier alpha value is -2.90. The number of benzene rings is 3. The molecule has 3 aromatic carbocycles. The van der Waals surface area contributed by atoms with E-state index in [1.807, 2.05) is 0 Å². The summed E-state index contributed by atoms with van der Waals surface area (Å²) < 4.78 is 41.0. The first-order valence-corrected chi connectivity index (χ1v) is 10.5. The Morgan fingerprint density at radius 2 is 1.79 bits per heavy atom. The second kappa shape index (κ2) is 8.63. The maximum atomic E-state index is 13.3. The monoisotopic (exact) mass is 432 g/mol. The zero-order valence-corrected chi connectivity index (χ0v) is 17.0. The van der Waals surface area contributed by atoms with Crippen molar-refractivity contribution in [3.8, 4) is 0 Å². The summed E-state index contributed by atoms with van der Waals surface area (Å²) in [4.78, 5) is 12.4. The molecule has 0 aliphatic carbocycles. The van der Waals surface area contributed by atoms with Crippen molar-refractivity contribution in [2.75, 3.05) is 4.72 Å². The highest BCUT2D eigenvalue weighted by Gasteiger charge is 2.17. The van der Waals surface area contributed by atoms with Crippen molar-refractivity contribution >= 4 is 33.2 Å². The van der Waals surface area contributed by atoms with Gasteiger partial charge in [-0.15, -0.1) is 0 Å². The van der Waals surface area contributed by atoms with Crippen molar-refractivity contribution in [1.82, 2.24) is 5.32 Å². The first-order valence-electron chi connectivity index (χ1n) is 8.67. The van der Waals surface area contributed by atoms with Crippen LogP contribution in [0.2, 0.25) is 5.02 Å². The summed E-state index contributed by atoms with van der Waals surface area (Å²) in [6.45, 7) is 1.83. The van der Waals surface area contributed by atoms with Crippen LogP contribution in [0.15, 0.2) is 71.6 Å². The smallest absolute Gasteiger partial charge is 0.261 e. The predicted molar refractivity (Wildman–Crippen MR) is 111 cm³/mol. The molecule has 0 heterocycles. The molecule has 5 nitrogen and oxygen atoms in total. The Bertz CT molecular complexity index is 1170. The third-order valence-corrected chi connectivity index (χ3v) is 5.89. The van der Waals surface area contributed by atoms with Gasteiger partial charge in [-0.3, -0.25) is 9.52 Å². The van der Waals surface area contributed by atoms with E-state index in [1.54, 1.807) is 43.3 Å². The normalized spacial score (nSPS) is 11.1. The van der Waals surface area contributed by atoms with Gasteiger partial charge in [-0.05, 0) is 54.4 Å². The largest absolute Gasteiger partial charge is 0.348 e. The molecule has 3 rings (SSSR count). The van der Waals surface area contributed by atoms with Crippen LogP contribution in [-0.4, -0.2) is 14.3 Å². The number of nitrogens with one attached hydrogen (secondary N) is 2. The van der Waals surface area contributed by atoms with Gasteiger partial charge in [0, 0.05) is 12.1 Å². The Morgan fingerprint density at radius 1 is 1.03 bits per heavy atom. The van der Waals surface area contributed by atoms with E-state index in [4.69, 9.17) is 11.6 Å². The number of amides is 1. The van der Waals surface area contributed by atoms with Gasteiger partial charge in [0.15, 0.2) is 0 Å². The molecule has 0 saturated heterocycles. The maximum Gasteiger partial charge on any atom is 0.261 e. The summed E-state index contributed by atoms with van der Waals surface area (Å²) in [5.74, 6) is -0.759. The lowest BCUT2D eigenvalue weighted by atomic mass is 10.1. The van der Waals surface area contributed by atoms with E-state index in [9.17, 15) is 17.6 Å². The van der Waals surface area contributed by atoms with Gasteiger partial charge < -0.3 is 5.32 Å². The molecular formula is C21H18ClFN2O3S. The predicted octanol–water partition coefficient (Wildman–Crippen LogP) is 4.52. The summed E-state index contributed by atoms with van der Waals surface area (Å²) in [6, 6.07) is 16.7. The molecule has 0 saturated carbocycles. The van der Waals surface area contributed by atoms with E-state index in [1.165, 1.54) is 30.3 Å². The fourth-order valence-electron chi connectivity index (χ4n) is 2.65. The van der Waals surface area contributed by atoms with Crippen molar-refractivity contribution < 1.29 is 17.6 Å². The summed E-state index contributed by atoms with van der Waals surface area (Å²) in [6.07, 6.45) is 0. The van der Waals surface area contributed by atoms with Crippen molar-refractivity contribution in [3.05, 3.63) is 94.3 Å². The average molecular weight is 433 g/mol. The number of rotatable bonds is 6. The van der Waals surface area contributed by atoms with E-state index >= 15 is 0 Å². The van der Waals surface area contributed by atoms with Crippen LogP contribution in [-0.2, 0) is 16.6 Å². The molecule has 0 fully saturated rings. The molecule has 0 aromatic heterocycles. The number of hydrogen-bond donors (Lipinski definition) is 2. The van der Waals surface area contributed by atoms with Crippen molar-refractivity contribution in [2.24, 2.45) is 0 Å². The maximum absolute atomic E-state index is 13.3. The van der Waals surface area contributed by atoms with E-state index < -0.39 is 15.9 Å². The second-order valence-electron chi connectivity index (χ2n) is 6.38. The topological polar surface area (TPSA) is 75.3 Å². The molecule has 0 atom stereocenters. The third-order valence-electron chi connectivity index (χ3n) is 4.20. The molecule has 3 aromatic rings. The molecule has 0 unspecified atom stereocenters. The molecule has 8 heteroatoms. The van der Waals surface area contributed by atoms with Gasteiger partial charge in [0.2, 0.25) is 0 Å². The lowest BCUT2D eigenvalue weighted by Gasteiger charge is -2.11. The highest BCUT2D eigenvalue weighted by molar-refractivity contribution is 7.92. The highest BCUT2D eigenvalue weighted by Crippen LogP contribution is 2.24. The first kappa shape index (κ1) is 20.8. The van der Waals surface area contributed by atoms with Crippen LogP contribution in [0.3, 0.4) is 0 Å². The number of halogens is 2. The quantitative estimate of drug-likeness (QED) is 0.601. The van der Waals surface area contributed by atoms with Crippen molar-refractivity contribution in [1.29, 1.82) is 0 Å². The van der Waals surface area contributed by atoms with Gasteiger partial charge in [0.1, 0.15) is 5.82 Å². The van der Waals surface area contributed by atoms with Gasteiger partial charge in [0.05, 0.1) is 15.6 Å². The molecule has 0 radical (unpaired) electrons. The molecule has 29 heavy (non-hydrogen) atoms. The molecule has 0 spiro atoms. The van der Waals surface area contributed by atoms with Gasteiger partial charge in [-0.2, -0.15) is 0 Å². The van der Waals surface area contributed by atoms with E-state index in [0.29, 0.717) is 5.56 Å². The van der Waals surface area contributed by atoms with Crippen LogP contribution in [0.25, 0.3) is 0 Å². The lowest BCUT2D eigenvalue weighted by molar-refractivity contribution is 0.0950. The summed E-state index contributed by atoms with van der Waals surface area (Å²) >= 11 is 6.01. The number of para-hydroxylation sites is 1. The Labute approximate surface area is 173 Å². The van der Waals surface area contributed by atoms with Crippen LogP contribution < -0.4 is 10.0 Å². The molecule has 0 aliphatic heterocycles. The number of hydrogen-bond acceptors (Lipinski definition) is 3. The first-order chi connectivity index (χ1) is 13.8. The fourth-order valence-corrected chi connectivity index (χ4v) is 4.02. The Balaban J connectivity index is 1.75. The van der Waals surface area contributed by atoms with E-state index in [0.717, 1.165) is 5.56 Å². The zero-order valence-electron chi connectivity index (χ0n) is 15.4. The average Bonchev–Trinajstić information content (AvgIpc) is 2.70. The fraction of sp³-hybridized carbons (Fsp3) is 0.0952. The minimum Gasteiger partial charge on any atom is -0.348 e. The highest BCUT2D eigenvalue weighted by atomic mass is 35.5. The number of anilines is 1.